The topological polar surface area (TPSA) is 91.0 Å². The zero-order valence-electron chi connectivity index (χ0n) is 17.9. The predicted molar refractivity (Wildman–Crippen MR) is 124 cm³/mol. The maximum absolute atomic E-state index is 13.1. The van der Waals surface area contributed by atoms with Crippen LogP contribution >= 0.6 is 11.6 Å². The third-order valence-electron chi connectivity index (χ3n) is 5.01. The highest BCUT2D eigenvalue weighted by Gasteiger charge is 2.22. The number of amides is 1. The number of imidazole rings is 1. The van der Waals surface area contributed by atoms with Crippen LogP contribution < -0.4 is 15.6 Å². The molecule has 2 aromatic heterocycles. The second-order valence-electron chi connectivity index (χ2n) is 7.30. The maximum Gasteiger partial charge on any atom is 0.272 e. The molecule has 0 bridgehead atoms. The van der Waals surface area contributed by atoms with Crippen molar-refractivity contribution in [2.75, 3.05) is 6.61 Å². The lowest BCUT2D eigenvalue weighted by molar-refractivity contribution is 0.0933. The number of para-hydroxylation sites is 1. The zero-order valence-corrected chi connectivity index (χ0v) is 18.6. The van der Waals surface area contributed by atoms with Crippen LogP contribution in [0.1, 0.15) is 27.9 Å². The Morgan fingerprint density at radius 2 is 1.85 bits per heavy atom. The van der Waals surface area contributed by atoms with Gasteiger partial charge in [-0.2, -0.15) is 5.10 Å². The SMILES string of the molecule is Cn1ccnc1C(NC(=O)c1ccc(=O)n(CCOc2ccccc2)n1)c1ccc(Cl)cc1. The molecule has 0 aliphatic carbocycles. The minimum atomic E-state index is -0.529. The van der Waals surface area contributed by atoms with E-state index in [-0.39, 0.29) is 24.4 Å². The standard InChI is InChI=1S/C24H22ClN5O3/c1-29-14-13-26-23(29)22(17-7-9-18(25)10-8-17)27-24(32)20-11-12-21(31)30(28-20)15-16-33-19-5-3-2-4-6-19/h2-14,22H,15-16H2,1H3,(H,27,32). The van der Waals surface area contributed by atoms with Crippen molar-refractivity contribution >= 4 is 17.5 Å². The van der Waals surface area contributed by atoms with Crippen LogP contribution in [0.2, 0.25) is 5.02 Å². The maximum atomic E-state index is 13.1. The number of ether oxygens (including phenoxy) is 1. The molecule has 1 N–H and O–H groups in total. The normalized spacial score (nSPS) is 11.7. The van der Waals surface area contributed by atoms with Gasteiger partial charge in [0.1, 0.15) is 29.9 Å². The summed E-state index contributed by atoms with van der Waals surface area (Å²) in [6.45, 7) is 0.442. The van der Waals surface area contributed by atoms with Crippen molar-refractivity contribution in [2.24, 2.45) is 7.05 Å². The van der Waals surface area contributed by atoms with Gasteiger partial charge in [-0.05, 0) is 35.9 Å². The highest BCUT2D eigenvalue weighted by atomic mass is 35.5. The highest BCUT2D eigenvalue weighted by molar-refractivity contribution is 6.30. The van der Waals surface area contributed by atoms with Gasteiger partial charge < -0.3 is 14.6 Å². The number of hydrogen-bond acceptors (Lipinski definition) is 5. The Kier molecular flexibility index (Phi) is 6.85. The Bertz CT molecular complexity index is 1290. The van der Waals surface area contributed by atoms with Crippen LogP contribution in [0.5, 0.6) is 5.75 Å². The van der Waals surface area contributed by atoms with E-state index >= 15 is 0 Å². The molecule has 0 radical (unpaired) electrons. The third-order valence-corrected chi connectivity index (χ3v) is 5.26. The largest absolute Gasteiger partial charge is 0.492 e. The van der Waals surface area contributed by atoms with Gasteiger partial charge >= 0.3 is 0 Å². The Balaban J connectivity index is 1.52. The number of nitrogens with zero attached hydrogens (tertiary/aromatic N) is 4. The molecular weight excluding hydrogens is 442 g/mol. The minimum absolute atomic E-state index is 0.113. The van der Waals surface area contributed by atoms with Crippen molar-refractivity contribution in [3.8, 4) is 5.75 Å². The van der Waals surface area contributed by atoms with Gasteiger partial charge in [-0.25, -0.2) is 9.67 Å². The second-order valence-corrected chi connectivity index (χ2v) is 7.73. The third kappa shape index (κ3) is 5.48. The molecule has 1 atom stereocenters. The van der Waals surface area contributed by atoms with Crippen LogP contribution in [0.25, 0.3) is 0 Å². The molecule has 0 spiro atoms. The fraction of sp³-hybridized carbons (Fsp3) is 0.167. The van der Waals surface area contributed by atoms with E-state index in [9.17, 15) is 9.59 Å². The van der Waals surface area contributed by atoms with E-state index < -0.39 is 11.9 Å². The van der Waals surface area contributed by atoms with Gasteiger partial charge in [0.05, 0.1) is 6.54 Å². The first-order chi connectivity index (χ1) is 16.0. The van der Waals surface area contributed by atoms with E-state index in [2.05, 4.69) is 15.4 Å². The van der Waals surface area contributed by atoms with Crippen molar-refractivity contribution in [3.63, 3.8) is 0 Å². The van der Waals surface area contributed by atoms with Gasteiger partial charge in [0.15, 0.2) is 0 Å². The van der Waals surface area contributed by atoms with Crippen LogP contribution in [0.4, 0.5) is 0 Å². The average Bonchev–Trinajstić information content (AvgIpc) is 3.25. The van der Waals surface area contributed by atoms with Crippen LogP contribution in [0.15, 0.2) is 83.9 Å². The fourth-order valence-electron chi connectivity index (χ4n) is 3.31. The summed E-state index contributed by atoms with van der Waals surface area (Å²) in [7, 11) is 1.85. The average molecular weight is 464 g/mol. The van der Waals surface area contributed by atoms with E-state index in [1.165, 1.54) is 16.8 Å². The number of hydrogen-bond donors (Lipinski definition) is 1. The number of nitrogens with one attached hydrogen (secondary N) is 1. The molecule has 8 nitrogen and oxygen atoms in total. The van der Waals surface area contributed by atoms with Crippen LogP contribution in [0, 0.1) is 0 Å². The van der Waals surface area contributed by atoms with E-state index in [0.717, 1.165) is 5.56 Å². The van der Waals surface area contributed by atoms with Gasteiger partial charge in [0.25, 0.3) is 11.5 Å². The molecule has 33 heavy (non-hydrogen) atoms. The molecule has 0 saturated carbocycles. The summed E-state index contributed by atoms with van der Waals surface area (Å²) in [5.74, 6) is 0.909. The number of aryl methyl sites for hydroxylation is 1. The van der Waals surface area contributed by atoms with Gasteiger partial charge in [-0.1, -0.05) is 41.9 Å². The van der Waals surface area contributed by atoms with Crippen LogP contribution in [-0.4, -0.2) is 31.8 Å². The monoisotopic (exact) mass is 463 g/mol. The number of rotatable bonds is 8. The summed E-state index contributed by atoms with van der Waals surface area (Å²) in [5.41, 5.74) is 0.607. The summed E-state index contributed by atoms with van der Waals surface area (Å²) in [6.07, 6.45) is 3.46. The smallest absolute Gasteiger partial charge is 0.272 e. The Morgan fingerprint density at radius 3 is 2.55 bits per heavy atom. The summed E-state index contributed by atoms with van der Waals surface area (Å²) >= 11 is 6.03. The number of carbonyl (C=O) groups excluding carboxylic acids is 1. The molecule has 0 fully saturated rings. The Morgan fingerprint density at radius 1 is 1.09 bits per heavy atom. The lowest BCUT2D eigenvalue weighted by Gasteiger charge is -2.19. The van der Waals surface area contributed by atoms with Crippen molar-refractivity contribution in [3.05, 3.63) is 112 Å². The fourth-order valence-corrected chi connectivity index (χ4v) is 3.44. The summed E-state index contributed by atoms with van der Waals surface area (Å²) < 4.78 is 8.68. The molecule has 4 aromatic rings. The van der Waals surface area contributed by atoms with Gasteiger partial charge in [0.2, 0.25) is 0 Å². The second kappa shape index (κ2) is 10.1. The first kappa shape index (κ1) is 22.3. The molecule has 0 aliphatic heterocycles. The van der Waals surface area contributed by atoms with E-state index in [4.69, 9.17) is 16.3 Å². The van der Waals surface area contributed by atoms with Gasteiger partial charge in [0, 0.05) is 30.5 Å². The molecule has 1 unspecified atom stereocenters. The molecule has 0 saturated heterocycles. The van der Waals surface area contributed by atoms with Crippen molar-refractivity contribution in [1.29, 1.82) is 0 Å². The van der Waals surface area contributed by atoms with Crippen LogP contribution in [-0.2, 0) is 13.6 Å². The summed E-state index contributed by atoms with van der Waals surface area (Å²) in [6, 6.07) is 18.6. The number of halogens is 1. The quantitative estimate of drug-likeness (QED) is 0.433. The van der Waals surface area contributed by atoms with E-state index in [0.29, 0.717) is 16.6 Å². The Labute approximate surface area is 195 Å². The van der Waals surface area contributed by atoms with Gasteiger partial charge in [-0.15, -0.1) is 0 Å². The first-order valence-corrected chi connectivity index (χ1v) is 10.7. The number of aromatic nitrogens is 4. The first-order valence-electron chi connectivity index (χ1n) is 10.3. The molecule has 4 rings (SSSR count). The van der Waals surface area contributed by atoms with Crippen molar-refractivity contribution in [2.45, 2.75) is 12.6 Å². The van der Waals surface area contributed by atoms with Gasteiger partial charge in [-0.3, -0.25) is 9.59 Å². The lowest BCUT2D eigenvalue weighted by atomic mass is 10.1. The minimum Gasteiger partial charge on any atom is -0.492 e. The summed E-state index contributed by atoms with van der Waals surface area (Å²) in [5, 5.41) is 7.79. The molecule has 2 heterocycles. The molecule has 9 heteroatoms. The predicted octanol–water partition coefficient (Wildman–Crippen LogP) is 3.23. The zero-order chi connectivity index (χ0) is 23.2. The summed E-state index contributed by atoms with van der Waals surface area (Å²) in [4.78, 5) is 29.7. The molecule has 1 amide bonds. The molecule has 168 valence electrons. The number of benzene rings is 2. The van der Waals surface area contributed by atoms with Crippen molar-refractivity contribution in [1.82, 2.24) is 24.6 Å². The molecule has 2 aromatic carbocycles. The molecular formula is C24H22ClN5O3. The lowest BCUT2D eigenvalue weighted by Crippen LogP contribution is -2.34. The molecule has 0 aliphatic rings. The van der Waals surface area contributed by atoms with Crippen LogP contribution in [0.3, 0.4) is 0 Å². The van der Waals surface area contributed by atoms with E-state index in [1.807, 2.05) is 54.1 Å². The highest BCUT2D eigenvalue weighted by Crippen LogP contribution is 2.22. The van der Waals surface area contributed by atoms with Crippen molar-refractivity contribution < 1.29 is 9.53 Å². The number of carbonyl (C=O) groups is 1. The Hall–Kier alpha value is -3.91. The van der Waals surface area contributed by atoms with E-state index in [1.54, 1.807) is 24.5 Å².